The molecule has 0 saturated heterocycles. The minimum Gasteiger partial charge on any atom is -0.352 e. The van der Waals surface area contributed by atoms with Crippen LogP contribution in [0.5, 0.6) is 0 Å². The van der Waals surface area contributed by atoms with Crippen molar-refractivity contribution >= 4 is 32.6 Å². The van der Waals surface area contributed by atoms with Crippen molar-refractivity contribution in [2.24, 2.45) is 0 Å². The van der Waals surface area contributed by atoms with Crippen LogP contribution in [0.2, 0.25) is 0 Å². The fourth-order valence-electron chi connectivity index (χ4n) is 1.71. The summed E-state index contributed by atoms with van der Waals surface area (Å²) in [4.78, 5) is 15.5. The topological polar surface area (TPSA) is 54.0 Å². The summed E-state index contributed by atoms with van der Waals surface area (Å²) in [5, 5.41) is 5.93. The number of nitrogens with zero attached hydrogens (tertiary/aromatic N) is 1. The summed E-state index contributed by atoms with van der Waals surface area (Å²) in [6, 6.07) is 3.44. The average molecular weight is 317 g/mol. The fourth-order valence-corrected chi connectivity index (χ4v) is 2.55. The van der Waals surface area contributed by atoms with Crippen LogP contribution in [0.25, 0.3) is 10.2 Å². The molecule has 0 aliphatic carbocycles. The standard InChI is InChI=1S/C13H14F3N3OS/c1-7(2)18-11(20)6-17-12-19-9-5-8(13(14,15)16)3-4-10(9)21-12/h3-5,7H,6H2,1-2H3,(H,17,19)(H,18,20). The highest BCUT2D eigenvalue weighted by molar-refractivity contribution is 7.22. The minimum atomic E-state index is -4.39. The van der Waals surface area contributed by atoms with Gasteiger partial charge in [0.2, 0.25) is 5.91 Å². The first-order valence-corrected chi connectivity index (χ1v) is 7.08. The van der Waals surface area contributed by atoms with E-state index in [2.05, 4.69) is 15.6 Å². The van der Waals surface area contributed by atoms with E-state index in [1.54, 1.807) is 0 Å². The van der Waals surface area contributed by atoms with Gasteiger partial charge in [-0.1, -0.05) is 11.3 Å². The maximum absolute atomic E-state index is 12.6. The normalized spacial score (nSPS) is 11.9. The van der Waals surface area contributed by atoms with Gasteiger partial charge in [-0.15, -0.1) is 0 Å². The maximum atomic E-state index is 12.6. The number of rotatable bonds is 4. The summed E-state index contributed by atoms with van der Waals surface area (Å²) in [7, 11) is 0. The average Bonchev–Trinajstić information content (AvgIpc) is 2.76. The summed E-state index contributed by atoms with van der Waals surface area (Å²) in [5.41, 5.74) is -0.467. The zero-order valence-electron chi connectivity index (χ0n) is 11.4. The number of halogens is 3. The molecule has 2 rings (SSSR count). The van der Waals surface area contributed by atoms with Gasteiger partial charge in [-0.25, -0.2) is 4.98 Å². The lowest BCUT2D eigenvalue weighted by Gasteiger charge is -2.08. The molecule has 2 aromatic rings. The lowest BCUT2D eigenvalue weighted by molar-refractivity contribution is -0.137. The molecule has 0 fully saturated rings. The number of benzene rings is 1. The summed E-state index contributed by atoms with van der Waals surface area (Å²) in [6.45, 7) is 3.71. The monoisotopic (exact) mass is 317 g/mol. The van der Waals surface area contributed by atoms with Crippen LogP contribution in [0.1, 0.15) is 19.4 Å². The third kappa shape index (κ3) is 4.07. The van der Waals surface area contributed by atoms with Crippen molar-refractivity contribution in [3.63, 3.8) is 0 Å². The van der Waals surface area contributed by atoms with Gasteiger partial charge >= 0.3 is 6.18 Å². The van der Waals surface area contributed by atoms with E-state index in [0.29, 0.717) is 9.83 Å². The van der Waals surface area contributed by atoms with E-state index < -0.39 is 11.7 Å². The Kier molecular flexibility index (Phi) is 4.36. The molecular formula is C13H14F3N3OS. The van der Waals surface area contributed by atoms with Crippen molar-refractivity contribution in [3.05, 3.63) is 23.8 Å². The summed E-state index contributed by atoms with van der Waals surface area (Å²) in [5.74, 6) is -0.194. The number of anilines is 1. The van der Waals surface area contributed by atoms with Gasteiger partial charge in [-0.2, -0.15) is 13.2 Å². The van der Waals surface area contributed by atoms with Crippen LogP contribution in [-0.2, 0) is 11.0 Å². The van der Waals surface area contributed by atoms with Crippen LogP contribution in [0.15, 0.2) is 18.2 Å². The van der Waals surface area contributed by atoms with Gasteiger partial charge in [0.1, 0.15) is 0 Å². The van der Waals surface area contributed by atoms with Gasteiger partial charge in [0.05, 0.1) is 22.3 Å². The molecule has 1 amide bonds. The lowest BCUT2D eigenvalue weighted by atomic mass is 10.2. The number of nitrogens with one attached hydrogen (secondary N) is 2. The highest BCUT2D eigenvalue weighted by Gasteiger charge is 2.30. The van der Waals surface area contributed by atoms with Gasteiger partial charge in [-0.3, -0.25) is 4.79 Å². The molecule has 0 aliphatic heterocycles. The molecule has 0 unspecified atom stereocenters. The zero-order chi connectivity index (χ0) is 15.6. The van der Waals surface area contributed by atoms with Crippen molar-refractivity contribution in [2.75, 3.05) is 11.9 Å². The molecule has 0 spiro atoms. The number of alkyl halides is 3. The Morgan fingerprint density at radius 2 is 2.10 bits per heavy atom. The molecule has 21 heavy (non-hydrogen) atoms. The molecular weight excluding hydrogens is 303 g/mol. The van der Waals surface area contributed by atoms with Crippen LogP contribution < -0.4 is 10.6 Å². The number of thiazole rings is 1. The number of hydrogen-bond donors (Lipinski definition) is 2. The predicted molar refractivity (Wildman–Crippen MR) is 76.4 cm³/mol. The van der Waals surface area contributed by atoms with E-state index in [1.165, 1.54) is 17.4 Å². The van der Waals surface area contributed by atoms with E-state index in [0.717, 1.165) is 12.1 Å². The second-order valence-corrected chi connectivity index (χ2v) is 5.81. The molecule has 0 aliphatic rings. The molecule has 8 heteroatoms. The van der Waals surface area contributed by atoms with Crippen molar-refractivity contribution in [1.29, 1.82) is 0 Å². The van der Waals surface area contributed by atoms with Gasteiger partial charge in [0, 0.05) is 6.04 Å². The Balaban J connectivity index is 2.10. The second-order valence-electron chi connectivity index (χ2n) is 4.78. The first-order chi connectivity index (χ1) is 9.75. The molecule has 1 heterocycles. The number of fused-ring (bicyclic) bond motifs is 1. The molecule has 0 saturated carbocycles. The highest BCUT2D eigenvalue weighted by Crippen LogP contribution is 2.33. The third-order valence-corrected chi connectivity index (χ3v) is 3.56. The van der Waals surface area contributed by atoms with Crippen molar-refractivity contribution in [3.8, 4) is 0 Å². The maximum Gasteiger partial charge on any atom is 0.416 e. The zero-order valence-corrected chi connectivity index (χ0v) is 12.2. The SMILES string of the molecule is CC(C)NC(=O)CNc1nc2cc(C(F)(F)F)ccc2s1. The van der Waals surface area contributed by atoms with Crippen molar-refractivity contribution in [1.82, 2.24) is 10.3 Å². The van der Waals surface area contributed by atoms with Crippen LogP contribution in [0, 0.1) is 0 Å². The Bertz CT molecular complexity index is 652. The molecule has 1 aromatic carbocycles. The Labute approximate surface area is 123 Å². The van der Waals surface area contributed by atoms with E-state index in [4.69, 9.17) is 0 Å². The van der Waals surface area contributed by atoms with E-state index in [9.17, 15) is 18.0 Å². The first-order valence-electron chi connectivity index (χ1n) is 6.27. The van der Waals surface area contributed by atoms with Crippen molar-refractivity contribution < 1.29 is 18.0 Å². The van der Waals surface area contributed by atoms with Gasteiger partial charge < -0.3 is 10.6 Å². The smallest absolute Gasteiger partial charge is 0.352 e. The van der Waals surface area contributed by atoms with Gasteiger partial charge in [0.15, 0.2) is 5.13 Å². The lowest BCUT2D eigenvalue weighted by Crippen LogP contribution is -2.34. The number of aromatic nitrogens is 1. The summed E-state index contributed by atoms with van der Waals surface area (Å²) in [6.07, 6.45) is -4.39. The molecule has 0 radical (unpaired) electrons. The third-order valence-electron chi connectivity index (χ3n) is 2.56. The van der Waals surface area contributed by atoms with Crippen molar-refractivity contribution in [2.45, 2.75) is 26.1 Å². The second kappa shape index (κ2) is 5.88. The first kappa shape index (κ1) is 15.6. The quantitative estimate of drug-likeness (QED) is 0.910. The van der Waals surface area contributed by atoms with Crippen LogP contribution in [-0.4, -0.2) is 23.5 Å². The summed E-state index contributed by atoms with van der Waals surface area (Å²) < 4.78 is 38.4. The number of carbonyl (C=O) groups is 1. The van der Waals surface area contributed by atoms with Crippen LogP contribution in [0.3, 0.4) is 0 Å². The number of carbonyl (C=O) groups excluding carboxylic acids is 1. The Morgan fingerprint density at radius 1 is 1.38 bits per heavy atom. The van der Waals surface area contributed by atoms with E-state index in [-0.39, 0.29) is 24.0 Å². The minimum absolute atomic E-state index is 0.0315. The predicted octanol–water partition coefficient (Wildman–Crippen LogP) is 3.25. The van der Waals surface area contributed by atoms with Crippen LogP contribution in [0.4, 0.5) is 18.3 Å². The van der Waals surface area contributed by atoms with E-state index in [1.807, 2.05) is 13.8 Å². The van der Waals surface area contributed by atoms with Crippen LogP contribution >= 0.6 is 11.3 Å². The largest absolute Gasteiger partial charge is 0.416 e. The summed E-state index contributed by atoms with van der Waals surface area (Å²) >= 11 is 1.21. The fraction of sp³-hybridized carbons (Fsp3) is 0.385. The number of amides is 1. The molecule has 114 valence electrons. The molecule has 0 atom stereocenters. The van der Waals surface area contributed by atoms with Gasteiger partial charge in [0.25, 0.3) is 0 Å². The van der Waals surface area contributed by atoms with E-state index >= 15 is 0 Å². The van der Waals surface area contributed by atoms with Gasteiger partial charge in [-0.05, 0) is 32.0 Å². The molecule has 2 N–H and O–H groups in total. The number of hydrogen-bond acceptors (Lipinski definition) is 4. The molecule has 1 aromatic heterocycles. The Morgan fingerprint density at radius 3 is 2.71 bits per heavy atom. The molecule has 4 nitrogen and oxygen atoms in total. The Hall–Kier alpha value is -1.83. The molecule has 0 bridgehead atoms. The highest BCUT2D eigenvalue weighted by atomic mass is 32.1.